The van der Waals surface area contributed by atoms with Crippen molar-refractivity contribution in [3.05, 3.63) is 70.1 Å². The zero-order valence-corrected chi connectivity index (χ0v) is 28.8. The molecule has 0 saturated heterocycles. The van der Waals surface area contributed by atoms with Gasteiger partial charge in [-0.3, -0.25) is 9.59 Å². The van der Waals surface area contributed by atoms with Gasteiger partial charge in [0.15, 0.2) is 0 Å². The van der Waals surface area contributed by atoms with Gasteiger partial charge < -0.3 is 10.6 Å². The van der Waals surface area contributed by atoms with E-state index >= 15 is 0 Å². The van der Waals surface area contributed by atoms with Gasteiger partial charge in [0.25, 0.3) is 5.91 Å². The zero-order chi connectivity index (χ0) is 33.3. The van der Waals surface area contributed by atoms with E-state index in [0.717, 1.165) is 28.5 Å². The van der Waals surface area contributed by atoms with E-state index in [4.69, 9.17) is 11.6 Å². The number of benzene rings is 2. The lowest BCUT2D eigenvalue weighted by Gasteiger charge is -2.24. The minimum absolute atomic E-state index is 0.0130. The largest absolute Gasteiger partial charge is 0.354 e. The highest BCUT2D eigenvalue weighted by Crippen LogP contribution is 2.27. The molecule has 2 amide bonds. The third kappa shape index (κ3) is 12.1. The van der Waals surface area contributed by atoms with Gasteiger partial charge in [-0.15, -0.1) is 0 Å². The summed E-state index contributed by atoms with van der Waals surface area (Å²) in [4.78, 5) is 27.0. The quantitative estimate of drug-likeness (QED) is 0.0782. The zero-order valence-electron chi connectivity index (χ0n) is 26.5. The fourth-order valence-corrected chi connectivity index (χ4v) is 6.93. The van der Waals surface area contributed by atoms with Gasteiger partial charge in [-0.2, -0.15) is 4.31 Å². The van der Waals surface area contributed by atoms with Crippen LogP contribution >= 0.6 is 23.4 Å². The minimum Gasteiger partial charge on any atom is -0.354 e. The summed E-state index contributed by atoms with van der Waals surface area (Å²) in [5, 5.41) is 5.20. The van der Waals surface area contributed by atoms with Gasteiger partial charge in [0, 0.05) is 24.5 Å². The number of carbonyl (C=O) groups is 2. The first-order valence-electron chi connectivity index (χ1n) is 15.1. The predicted molar refractivity (Wildman–Crippen MR) is 176 cm³/mol. The molecule has 2 N–H and O–H groups in total. The van der Waals surface area contributed by atoms with Crippen LogP contribution in [0.1, 0.15) is 73.6 Å². The summed E-state index contributed by atoms with van der Waals surface area (Å²) in [6.45, 7) is 11.6. The number of hydrogen-bond donors (Lipinski definition) is 2. The van der Waals surface area contributed by atoms with Crippen LogP contribution in [-0.4, -0.2) is 50.2 Å². The normalized spacial score (nSPS) is 13.1. The lowest BCUT2D eigenvalue weighted by Crippen LogP contribution is -2.48. The molecule has 7 nitrogen and oxygen atoms in total. The van der Waals surface area contributed by atoms with Crippen LogP contribution in [0.5, 0.6) is 0 Å². The Morgan fingerprint density at radius 1 is 1.07 bits per heavy atom. The monoisotopic (exact) mass is 673 g/mol. The molecule has 0 bridgehead atoms. The maximum absolute atomic E-state index is 14.3. The molecule has 0 saturated carbocycles. The predicted octanol–water partition coefficient (Wildman–Crippen LogP) is 7.56. The van der Waals surface area contributed by atoms with Gasteiger partial charge in [0.05, 0.1) is 9.93 Å². The van der Waals surface area contributed by atoms with Crippen molar-refractivity contribution in [1.29, 1.82) is 0 Å². The SMILES string of the molecule is C/C=C(\Sc1ccccc1)C(=O)NC(CC(CC)CCC)C(=O)NCCCN(CC)S(=O)(=O)c1cc(F)c(Cl)cc1F.CC. The number of rotatable bonds is 17. The molecule has 0 aliphatic rings. The highest BCUT2D eigenvalue weighted by atomic mass is 35.5. The molecule has 2 unspecified atom stereocenters. The van der Waals surface area contributed by atoms with Gasteiger partial charge in [0.2, 0.25) is 15.9 Å². The standard InChI is InChI=1S/C30H40ClF2N3O4S2.C2H6/c1-5-13-21(6-2)18-26(35-30(38)27(7-3)41-22-14-10-9-11-15-22)29(37)34-16-12-17-36(8-4)42(39,40)28-20-24(32)23(31)19-25(28)33;1-2/h7,9-11,14-15,19-21,26H,5-6,8,12-13,16-18H2,1-4H3,(H,34,37)(H,35,38);1-2H3/b27-7-;. The molecule has 0 fully saturated rings. The van der Waals surface area contributed by atoms with Gasteiger partial charge in [-0.05, 0) is 49.9 Å². The first kappa shape index (κ1) is 39.6. The van der Waals surface area contributed by atoms with Gasteiger partial charge in [-0.25, -0.2) is 17.2 Å². The lowest BCUT2D eigenvalue weighted by atomic mass is 9.92. The number of nitrogens with one attached hydrogen (secondary N) is 2. The van der Waals surface area contributed by atoms with E-state index in [1.807, 2.05) is 44.2 Å². The van der Waals surface area contributed by atoms with Crippen LogP contribution in [0.4, 0.5) is 8.78 Å². The fraction of sp³-hybridized carbons (Fsp3) is 0.500. The number of nitrogens with zero attached hydrogens (tertiary/aromatic N) is 1. The molecule has 12 heteroatoms. The van der Waals surface area contributed by atoms with E-state index in [2.05, 4.69) is 24.5 Å². The second-order valence-corrected chi connectivity index (χ2v) is 13.2. The van der Waals surface area contributed by atoms with Crippen LogP contribution < -0.4 is 10.6 Å². The first-order chi connectivity index (χ1) is 21.0. The van der Waals surface area contributed by atoms with E-state index in [1.54, 1.807) is 19.9 Å². The van der Waals surface area contributed by atoms with Crippen molar-refractivity contribution in [2.24, 2.45) is 5.92 Å². The Morgan fingerprint density at radius 2 is 1.73 bits per heavy atom. The van der Waals surface area contributed by atoms with Crippen LogP contribution in [0, 0.1) is 17.6 Å². The molecule has 0 heterocycles. The van der Waals surface area contributed by atoms with Gasteiger partial charge in [-0.1, -0.05) is 102 Å². The van der Waals surface area contributed by atoms with Crippen molar-refractivity contribution in [2.75, 3.05) is 19.6 Å². The highest BCUT2D eigenvalue weighted by molar-refractivity contribution is 8.04. The van der Waals surface area contributed by atoms with Crippen LogP contribution in [0.3, 0.4) is 0 Å². The van der Waals surface area contributed by atoms with Crippen LogP contribution in [0.15, 0.2) is 63.2 Å². The number of amides is 2. The summed E-state index contributed by atoms with van der Waals surface area (Å²) in [7, 11) is -4.34. The van der Waals surface area contributed by atoms with Gasteiger partial charge >= 0.3 is 0 Å². The topological polar surface area (TPSA) is 95.6 Å². The van der Waals surface area contributed by atoms with Crippen molar-refractivity contribution in [3.63, 3.8) is 0 Å². The molecule has 0 aliphatic carbocycles. The molecule has 2 rings (SSSR count). The first-order valence-corrected chi connectivity index (χ1v) is 17.7. The summed E-state index contributed by atoms with van der Waals surface area (Å²) in [6.07, 6.45) is 5.11. The Morgan fingerprint density at radius 3 is 2.30 bits per heavy atom. The molecule has 44 heavy (non-hydrogen) atoms. The van der Waals surface area contributed by atoms with Crippen molar-refractivity contribution in [1.82, 2.24) is 14.9 Å². The summed E-state index contributed by atoms with van der Waals surface area (Å²) in [5.41, 5.74) is 0. The molecular weight excluding hydrogens is 628 g/mol. The molecule has 246 valence electrons. The number of hydrogen-bond acceptors (Lipinski definition) is 5. The van der Waals surface area contributed by atoms with Crippen LogP contribution in [0.2, 0.25) is 5.02 Å². The van der Waals surface area contributed by atoms with Crippen molar-refractivity contribution in [3.8, 4) is 0 Å². The third-order valence-electron chi connectivity index (χ3n) is 6.75. The average Bonchev–Trinajstić information content (AvgIpc) is 3.01. The number of sulfonamides is 1. The fourth-order valence-electron chi connectivity index (χ4n) is 4.42. The third-order valence-corrected chi connectivity index (χ3v) is 10.2. The van der Waals surface area contributed by atoms with E-state index in [0.29, 0.717) is 23.5 Å². The minimum atomic E-state index is -4.34. The van der Waals surface area contributed by atoms with Crippen molar-refractivity contribution < 1.29 is 26.8 Å². The van der Waals surface area contributed by atoms with E-state index in [-0.39, 0.29) is 43.8 Å². The van der Waals surface area contributed by atoms with E-state index in [1.165, 1.54) is 11.8 Å². The number of thioether (sulfide) groups is 1. The second-order valence-electron chi connectivity index (χ2n) is 9.73. The Bertz CT molecular complexity index is 1330. The molecule has 2 atom stereocenters. The summed E-state index contributed by atoms with van der Waals surface area (Å²) >= 11 is 6.88. The maximum atomic E-state index is 14.3. The van der Waals surface area contributed by atoms with Crippen LogP contribution in [0.25, 0.3) is 0 Å². The number of carbonyl (C=O) groups excluding carboxylic acids is 2. The second kappa shape index (κ2) is 20.5. The van der Waals surface area contributed by atoms with Crippen molar-refractivity contribution in [2.45, 2.75) is 89.5 Å². The van der Waals surface area contributed by atoms with Gasteiger partial charge in [0.1, 0.15) is 22.6 Å². The molecule has 0 radical (unpaired) electrons. The molecule has 0 aromatic heterocycles. The summed E-state index contributed by atoms with van der Waals surface area (Å²) in [5.74, 6) is -2.66. The molecular formula is C32H46ClF2N3O4S2. The number of allylic oxidation sites excluding steroid dienone is 1. The molecule has 2 aromatic carbocycles. The lowest BCUT2D eigenvalue weighted by molar-refractivity contribution is -0.127. The Labute approximate surface area is 271 Å². The maximum Gasteiger partial charge on any atom is 0.258 e. The molecule has 0 spiro atoms. The van der Waals surface area contributed by atoms with E-state index < -0.39 is 37.6 Å². The number of halogens is 3. The smallest absolute Gasteiger partial charge is 0.258 e. The Hall–Kier alpha value is -2.47. The molecule has 0 aliphatic heterocycles. The highest BCUT2D eigenvalue weighted by Gasteiger charge is 2.28. The summed E-state index contributed by atoms with van der Waals surface area (Å²) < 4.78 is 55.2. The Kier molecular flexibility index (Phi) is 18.5. The van der Waals surface area contributed by atoms with Crippen LogP contribution in [-0.2, 0) is 19.6 Å². The average molecular weight is 674 g/mol. The Balaban J connectivity index is 0.00000474. The summed E-state index contributed by atoms with van der Waals surface area (Å²) in [6, 6.07) is 9.88. The van der Waals surface area contributed by atoms with Crippen molar-refractivity contribution >= 4 is 45.2 Å². The van der Waals surface area contributed by atoms with E-state index in [9.17, 15) is 26.8 Å². The molecule has 2 aromatic rings.